The van der Waals surface area contributed by atoms with Gasteiger partial charge >= 0.3 is 0 Å². The fourth-order valence-corrected chi connectivity index (χ4v) is 5.15. The van der Waals surface area contributed by atoms with E-state index < -0.39 is 11.9 Å². The lowest BCUT2D eigenvalue weighted by atomic mass is 9.85. The lowest BCUT2D eigenvalue weighted by Gasteiger charge is -2.29. The molecule has 2 aromatic heterocycles. The van der Waals surface area contributed by atoms with Crippen LogP contribution in [-0.4, -0.2) is 55.9 Å². The van der Waals surface area contributed by atoms with Crippen molar-refractivity contribution in [2.75, 3.05) is 23.8 Å². The number of carbonyl (C=O) groups excluding carboxylic acids is 1. The van der Waals surface area contributed by atoms with E-state index in [2.05, 4.69) is 25.6 Å². The van der Waals surface area contributed by atoms with E-state index in [1.807, 2.05) is 4.57 Å². The molecule has 186 valence electrons. The number of imidazole rings is 1. The molecule has 2 atom stereocenters. The minimum atomic E-state index is -0.671. The molecule has 10 nitrogen and oxygen atoms in total. The Kier molecular flexibility index (Phi) is 6.67. The summed E-state index contributed by atoms with van der Waals surface area (Å²) in [5, 5.41) is 16.5. The second-order valence-corrected chi connectivity index (χ2v) is 9.68. The summed E-state index contributed by atoms with van der Waals surface area (Å²) in [5.74, 6) is -0.473. The van der Waals surface area contributed by atoms with Crippen molar-refractivity contribution in [1.82, 2.24) is 19.5 Å². The first kappa shape index (κ1) is 24.0. The van der Waals surface area contributed by atoms with Crippen molar-refractivity contribution in [3.8, 4) is 0 Å². The first-order chi connectivity index (χ1) is 16.8. The van der Waals surface area contributed by atoms with Gasteiger partial charge in [0, 0.05) is 17.0 Å². The molecule has 1 aromatic carbocycles. The molecule has 5 rings (SSSR count). The lowest BCUT2D eigenvalue weighted by Crippen LogP contribution is -2.32. The summed E-state index contributed by atoms with van der Waals surface area (Å²) in [6, 6.07) is 2.19. The number of hydrogen-bond acceptors (Lipinski definition) is 8. The largest absolute Gasteiger partial charge is 0.388 e. The molecular weight excluding hydrogens is 500 g/mol. The van der Waals surface area contributed by atoms with Gasteiger partial charge in [0.05, 0.1) is 42.3 Å². The number of aliphatic hydroxyl groups excluding tert-OH is 1. The zero-order chi connectivity index (χ0) is 24.7. The van der Waals surface area contributed by atoms with E-state index in [9.17, 15) is 14.3 Å². The van der Waals surface area contributed by atoms with Crippen molar-refractivity contribution in [2.24, 2.45) is 11.7 Å². The number of halogens is 3. The SMILES string of the molecule is NC(=O)C1CCC(n2c(Nc3c(F)cc(Cl)cc3Cl)nc3cnc(NC4COC[C@H]4O)nc32)CC1. The minimum Gasteiger partial charge on any atom is -0.388 e. The van der Waals surface area contributed by atoms with E-state index in [0.29, 0.717) is 55.4 Å². The molecule has 2 fully saturated rings. The number of carbonyl (C=O) groups is 1. The van der Waals surface area contributed by atoms with Crippen LogP contribution >= 0.6 is 23.2 Å². The molecule has 1 amide bonds. The molecule has 2 aliphatic rings. The molecule has 0 radical (unpaired) electrons. The van der Waals surface area contributed by atoms with Gasteiger partial charge in [-0.1, -0.05) is 23.2 Å². The highest BCUT2D eigenvalue weighted by Gasteiger charge is 2.30. The normalized spacial score (nSPS) is 24.6. The number of amides is 1. The van der Waals surface area contributed by atoms with Crippen LogP contribution in [0.3, 0.4) is 0 Å². The van der Waals surface area contributed by atoms with Gasteiger partial charge < -0.3 is 26.2 Å². The van der Waals surface area contributed by atoms with Crippen LogP contribution in [-0.2, 0) is 9.53 Å². The van der Waals surface area contributed by atoms with E-state index in [0.717, 1.165) is 6.07 Å². The first-order valence-corrected chi connectivity index (χ1v) is 12.0. The molecule has 5 N–H and O–H groups in total. The number of anilines is 3. The van der Waals surface area contributed by atoms with Crippen LogP contribution in [0.25, 0.3) is 11.2 Å². The molecule has 0 spiro atoms. The van der Waals surface area contributed by atoms with Gasteiger partial charge in [-0.3, -0.25) is 9.36 Å². The fourth-order valence-electron chi connectivity index (χ4n) is 4.63. The topological polar surface area (TPSA) is 140 Å². The predicted molar refractivity (Wildman–Crippen MR) is 129 cm³/mol. The molecular formula is C22H24Cl2FN7O3. The number of ether oxygens (including phenoxy) is 1. The number of nitrogens with one attached hydrogen (secondary N) is 2. The van der Waals surface area contributed by atoms with Gasteiger partial charge in [-0.25, -0.2) is 14.4 Å². The third-order valence-electron chi connectivity index (χ3n) is 6.51. The smallest absolute Gasteiger partial charge is 0.225 e. The van der Waals surface area contributed by atoms with Gasteiger partial charge in [-0.15, -0.1) is 0 Å². The Morgan fingerprint density at radius 2 is 1.97 bits per heavy atom. The number of aliphatic hydroxyl groups is 1. The summed E-state index contributed by atoms with van der Waals surface area (Å²) in [6.45, 7) is 0.572. The van der Waals surface area contributed by atoms with Gasteiger partial charge in [0.15, 0.2) is 5.65 Å². The number of benzene rings is 1. The Morgan fingerprint density at radius 3 is 2.63 bits per heavy atom. The summed E-state index contributed by atoms with van der Waals surface area (Å²) in [4.78, 5) is 25.3. The molecule has 1 saturated heterocycles. The lowest BCUT2D eigenvalue weighted by molar-refractivity contribution is -0.122. The minimum absolute atomic E-state index is 0.0379. The molecule has 3 aromatic rings. The van der Waals surface area contributed by atoms with Crippen LogP contribution < -0.4 is 16.4 Å². The summed E-state index contributed by atoms with van der Waals surface area (Å²) >= 11 is 12.2. The van der Waals surface area contributed by atoms with E-state index in [1.54, 1.807) is 6.20 Å². The van der Waals surface area contributed by atoms with Crippen molar-refractivity contribution in [2.45, 2.75) is 43.9 Å². The fraction of sp³-hybridized carbons (Fsp3) is 0.455. The standard InChI is InChI=1S/C22H24Cl2FN7O3/c23-11-5-13(24)18(14(25)6-11)30-22-29-15-7-27-21(28-16-8-35-9-17(16)33)31-20(15)32(22)12-3-1-10(2-4-12)19(26)34/h5-7,10,12,16-17,33H,1-4,8-9H2,(H2,26,34)(H,29,30)(H,27,28,31)/t10?,12?,16?,17-/m1/s1. The van der Waals surface area contributed by atoms with Gasteiger partial charge in [-0.2, -0.15) is 4.98 Å². The molecule has 13 heteroatoms. The maximum atomic E-state index is 14.7. The highest BCUT2D eigenvalue weighted by atomic mass is 35.5. The van der Waals surface area contributed by atoms with Gasteiger partial charge in [0.1, 0.15) is 11.3 Å². The van der Waals surface area contributed by atoms with Crippen molar-refractivity contribution in [3.05, 3.63) is 34.2 Å². The quantitative estimate of drug-likeness (QED) is 0.385. The Morgan fingerprint density at radius 1 is 1.20 bits per heavy atom. The number of rotatable bonds is 6. The zero-order valence-corrected chi connectivity index (χ0v) is 20.1. The maximum Gasteiger partial charge on any atom is 0.225 e. The molecule has 1 aliphatic carbocycles. The Hall–Kier alpha value is -2.73. The summed E-state index contributed by atoms with van der Waals surface area (Å²) in [7, 11) is 0. The number of primary amides is 1. The highest BCUT2D eigenvalue weighted by Crippen LogP contribution is 2.38. The molecule has 1 unspecified atom stereocenters. The van der Waals surface area contributed by atoms with Crippen molar-refractivity contribution in [3.63, 3.8) is 0 Å². The van der Waals surface area contributed by atoms with Crippen molar-refractivity contribution >= 4 is 57.9 Å². The van der Waals surface area contributed by atoms with Crippen LogP contribution in [0, 0.1) is 11.7 Å². The average Bonchev–Trinajstić information content (AvgIpc) is 3.38. The molecule has 1 saturated carbocycles. The molecule has 0 bridgehead atoms. The van der Waals surface area contributed by atoms with Crippen LogP contribution in [0.1, 0.15) is 31.7 Å². The van der Waals surface area contributed by atoms with Crippen LogP contribution in [0.15, 0.2) is 18.3 Å². The third kappa shape index (κ3) is 4.86. The number of fused-ring (bicyclic) bond motifs is 1. The van der Waals surface area contributed by atoms with Crippen molar-refractivity contribution in [1.29, 1.82) is 0 Å². The Bertz CT molecular complexity index is 1240. The van der Waals surface area contributed by atoms with E-state index in [4.69, 9.17) is 33.7 Å². The number of aromatic nitrogens is 4. The second-order valence-electron chi connectivity index (χ2n) is 8.84. The Balaban J connectivity index is 1.54. The van der Waals surface area contributed by atoms with Gasteiger partial charge in [0.25, 0.3) is 0 Å². The van der Waals surface area contributed by atoms with Crippen LogP contribution in [0.2, 0.25) is 10.0 Å². The predicted octanol–water partition coefficient (Wildman–Crippen LogP) is 3.40. The van der Waals surface area contributed by atoms with E-state index >= 15 is 0 Å². The van der Waals surface area contributed by atoms with Crippen molar-refractivity contribution < 1.29 is 19.0 Å². The first-order valence-electron chi connectivity index (χ1n) is 11.3. The van der Waals surface area contributed by atoms with E-state index in [-0.39, 0.29) is 46.2 Å². The molecule has 3 heterocycles. The summed E-state index contributed by atoms with van der Waals surface area (Å²) in [6.07, 6.45) is 3.45. The second kappa shape index (κ2) is 9.73. The van der Waals surface area contributed by atoms with E-state index in [1.165, 1.54) is 6.07 Å². The van der Waals surface area contributed by atoms with Gasteiger partial charge in [0.2, 0.25) is 17.8 Å². The number of nitrogens with zero attached hydrogens (tertiary/aromatic N) is 4. The van der Waals surface area contributed by atoms with Gasteiger partial charge in [-0.05, 0) is 37.8 Å². The molecule has 35 heavy (non-hydrogen) atoms. The summed E-state index contributed by atoms with van der Waals surface area (Å²) < 4.78 is 21.9. The number of nitrogens with two attached hydrogens (primary N) is 1. The average molecular weight is 524 g/mol. The monoisotopic (exact) mass is 523 g/mol. The molecule has 1 aliphatic heterocycles. The summed E-state index contributed by atoms with van der Waals surface area (Å²) in [5.41, 5.74) is 6.56. The van der Waals surface area contributed by atoms with Crippen LogP contribution in [0.4, 0.5) is 22.0 Å². The third-order valence-corrected chi connectivity index (χ3v) is 7.02. The Labute approximate surface area is 210 Å². The number of hydrogen-bond donors (Lipinski definition) is 4. The van der Waals surface area contributed by atoms with Crippen LogP contribution in [0.5, 0.6) is 0 Å². The maximum absolute atomic E-state index is 14.7. The zero-order valence-electron chi connectivity index (χ0n) is 18.5. The highest BCUT2D eigenvalue weighted by molar-refractivity contribution is 6.36.